The average molecular weight is 1110 g/mol. The molecule has 0 atom stereocenters. The van der Waals surface area contributed by atoms with Crippen LogP contribution in [-0.2, 0) is 23.9 Å². The van der Waals surface area contributed by atoms with Gasteiger partial charge in [0.2, 0.25) is 29.2 Å². The number of nitrogen functional groups attached to an aromatic ring is 1. The number of halogens is 2. The minimum absolute atomic E-state index is 0.0532. The number of amides is 6. The molecule has 6 aromatic rings. The van der Waals surface area contributed by atoms with Crippen LogP contribution in [0.4, 0.5) is 23.0 Å². The molecule has 0 radical (unpaired) electrons. The summed E-state index contributed by atoms with van der Waals surface area (Å²) in [6, 6.07) is 16.4. The molecule has 410 valence electrons. The van der Waals surface area contributed by atoms with Crippen molar-refractivity contribution < 1.29 is 57.0 Å². The molecule has 2 aliphatic carbocycles. The molecule has 21 nitrogen and oxygen atoms in total. The SMILES string of the molecule is CN(C)C(=O)c1cccc2oc(C(=O)Nc3ccc(Cl)cn3)c(NC(=O)C3CCC(N4CCCC4=O)CC3)c12.COC(=O)c1cccc2oc(C(=O)Nc3ccc(Cl)cn3)c(N)c12.O=C(O)C1CCC(N2CCCC2=O)CC1. The number of likely N-dealkylation sites (tertiary alicyclic amines) is 2. The van der Waals surface area contributed by atoms with Crippen molar-refractivity contribution in [1.82, 2.24) is 24.7 Å². The zero-order chi connectivity index (χ0) is 55.8. The molecule has 23 heteroatoms. The zero-order valence-electron chi connectivity index (χ0n) is 43.1. The van der Waals surface area contributed by atoms with E-state index in [1.165, 1.54) is 24.4 Å². The summed E-state index contributed by atoms with van der Waals surface area (Å²) in [5.41, 5.74) is 7.33. The number of aromatic nitrogens is 2. The standard InChI is InChI=1S/C28H30ClN5O5.C16H12ClN3O4.C11H17NO3/c1-33(2)28(38)19-5-3-6-20-23(19)24(25(39-20)27(37)31-21-13-10-17(29)15-30-21)32-26(36)16-8-11-18(12-9-16)34-14-4-7-22(34)35;1-23-16(22)9-3-2-4-10-12(9)13(18)14(24-10)15(21)20-11-6-5-8(17)7-19-11;13-10-2-1-7-12(10)9-5-3-8(4-6-9)11(14)15/h3,5-6,10,13,15-16,18H,4,7-9,11-12,14H2,1-2H3,(H,32,36)(H,30,31,37);2-7H,18H2,1H3,(H,19,20,21);8-9H,1-7H2,(H,14,15). The van der Waals surface area contributed by atoms with Crippen molar-refractivity contribution in [2.24, 2.45) is 11.8 Å². The number of furan rings is 2. The van der Waals surface area contributed by atoms with Crippen molar-refractivity contribution in [1.29, 1.82) is 0 Å². The van der Waals surface area contributed by atoms with Crippen LogP contribution in [0, 0.1) is 11.8 Å². The number of esters is 1. The molecular formula is C55H59Cl2N9O12. The highest BCUT2D eigenvalue weighted by molar-refractivity contribution is 6.31. The Morgan fingerprint density at radius 1 is 0.667 bits per heavy atom. The molecule has 6 N–H and O–H groups in total. The predicted octanol–water partition coefficient (Wildman–Crippen LogP) is 8.91. The van der Waals surface area contributed by atoms with Gasteiger partial charge in [-0.05, 0) is 113 Å². The van der Waals surface area contributed by atoms with Crippen molar-refractivity contribution >= 4 is 116 Å². The Bertz CT molecular complexity index is 3240. The van der Waals surface area contributed by atoms with Gasteiger partial charge in [0.15, 0.2) is 0 Å². The summed E-state index contributed by atoms with van der Waals surface area (Å²) < 4.78 is 16.1. The number of carbonyl (C=O) groups is 8. The normalized spacial score (nSPS) is 19.0. The first-order valence-electron chi connectivity index (χ1n) is 25.6. The third-order valence-corrected chi connectivity index (χ3v) is 14.8. The van der Waals surface area contributed by atoms with Gasteiger partial charge < -0.3 is 55.1 Å². The van der Waals surface area contributed by atoms with E-state index in [9.17, 15) is 38.4 Å². The predicted molar refractivity (Wildman–Crippen MR) is 290 cm³/mol. The minimum atomic E-state index is -0.679. The number of aliphatic carboxylic acids is 1. The van der Waals surface area contributed by atoms with Crippen LogP contribution in [0.1, 0.15) is 119 Å². The fraction of sp³-hybridized carbons (Fsp3) is 0.382. The van der Waals surface area contributed by atoms with Crippen LogP contribution in [0.5, 0.6) is 0 Å². The highest BCUT2D eigenvalue weighted by Crippen LogP contribution is 2.38. The van der Waals surface area contributed by atoms with Crippen molar-refractivity contribution in [2.75, 3.05) is 56.0 Å². The summed E-state index contributed by atoms with van der Waals surface area (Å²) in [4.78, 5) is 112. The highest BCUT2D eigenvalue weighted by Gasteiger charge is 2.36. The summed E-state index contributed by atoms with van der Waals surface area (Å²) in [7, 11) is 4.52. The first kappa shape index (κ1) is 56.2. The van der Waals surface area contributed by atoms with E-state index in [2.05, 4.69) is 25.9 Å². The number of fused-ring (bicyclic) bond motifs is 2. The van der Waals surface area contributed by atoms with Crippen molar-refractivity contribution in [3.63, 3.8) is 0 Å². The number of nitrogens with two attached hydrogens (primary N) is 1. The monoisotopic (exact) mass is 1110 g/mol. The van der Waals surface area contributed by atoms with Crippen LogP contribution in [0.2, 0.25) is 10.0 Å². The van der Waals surface area contributed by atoms with Gasteiger partial charge in [0.05, 0.1) is 50.7 Å². The lowest BCUT2D eigenvalue weighted by molar-refractivity contribution is -0.143. The molecule has 10 rings (SSSR count). The van der Waals surface area contributed by atoms with Crippen LogP contribution in [0.3, 0.4) is 0 Å². The molecule has 2 saturated carbocycles. The summed E-state index contributed by atoms with van der Waals surface area (Å²) >= 11 is 11.7. The number of anilines is 4. The fourth-order valence-corrected chi connectivity index (χ4v) is 10.6. The number of carboxylic acids is 1. The number of pyridine rings is 2. The van der Waals surface area contributed by atoms with Crippen LogP contribution in [-0.4, -0.2) is 124 Å². The number of carboxylic acid groups (broad SMARTS) is 1. The Labute approximate surface area is 458 Å². The molecule has 4 fully saturated rings. The number of methoxy groups -OCH3 is 1. The Morgan fingerprint density at radius 2 is 1.15 bits per heavy atom. The number of ether oxygens (including phenoxy) is 1. The van der Waals surface area contributed by atoms with E-state index >= 15 is 0 Å². The van der Waals surface area contributed by atoms with Crippen molar-refractivity contribution in [3.8, 4) is 0 Å². The van der Waals surface area contributed by atoms with Gasteiger partial charge in [-0.25, -0.2) is 14.8 Å². The number of carbonyl (C=O) groups excluding carboxylic acids is 7. The van der Waals surface area contributed by atoms with Gasteiger partial charge >= 0.3 is 11.9 Å². The molecule has 2 aliphatic heterocycles. The van der Waals surface area contributed by atoms with Gasteiger partial charge in [-0.15, -0.1) is 0 Å². The molecule has 0 unspecified atom stereocenters. The molecular weight excluding hydrogens is 1050 g/mol. The average Bonchev–Trinajstić information content (AvgIpc) is 4.38. The van der Waals surface area contributed by atoms with Crippen molar-refractivity contribution in [2.45, 2.75) is 89.1 Å². The number of nitrogens with zero attached hydrogens (tertiary/aromatic N) is 5. The molecule has 0 spiro atoms. The zero-order valence-corrected chi connectivity index (χ0v) is 44.7. The van der Waals surface area contributed by atoms with Gasteiger partial charge in [0.25, 0.3) is 17.7 Å². The topological polar surface area (TPSA) is 290 Å². The van der Waals surface area contributed by atoms with Gasteiger partial charge in [-0.3, -0.25) is 33.6 Å². The molecule has 78 heavy (non-hydrogen) atoms. The van der Waals surface area contributed by atoms with E-state index in [4.69, 9.17) is 47.6 Å². The third-order valence-electron chi connectivity index (χ3n) is 14.3. The van der Waals surface area contributed by atoms with E-state index in [0.717, 1.165) is 64.5 Å². The number of hydrogen-bond acceptors (Lipinski definition) is 14. The molecule has 4 aromatic heterocycles. The first-order valence-corrected chi connectivity index (χ1v) is 26.3. The Morgan fingerprint density at radius 3 is 1.62 bits per heavy atom. The lowest BCUT2D eigenvalue weighted by Gasteiger charge is -2.34. The van der Waals surface area contributed by atoms with Crippen LogP contribution in [0.15, 0.2) is 81.9 Å². The highest BCUT2D eigenvalue weighted by atomic mass is 35.5. The maximum absolute atomic E-state index is 13.5. The van der Waals surface area contributed by atoms with E-state index in [1.54, 1.807) is 74.8 Å². The molecule has 6 amide bonds. The van der Waals surface area contributed by atoms with Crippen LogP contribution in [0.25, 0.3) is 21.9 Å². The Kier molecular flexibility index (Phi) is 18.0. The summed E-state index contributed by atoms with van der Waals surface area (Å²) in [6.07, 6.45) is 11.8. The van der Waals surface area contributed by atoms with E-state index < -0.39 is 23.8 Å². The fourth-order valence-electron chi connectivity index (χ4n) is 10.3. The van der Waals surface area contributed by atoms with E-state index in [1.807, 2.05) is 9.80 Å². The number of hydrogen-bond donors (Lipinski definition) is 5. The molecule has 4 aliphatic rings. The van der Waals surface area contributed by atoms with Gasteiger partial charge in [-0.2, -0.15) is 0 Å². The number of nitrogens with one attached hydrogen (secondary N) is 3. The largest absolute Gasteiger partial charge is 0.481 e. The van der Waals surface area contributed by atoms with Crippen LogP contribution < -0.4 is 21.7 Å². The molecule has 6 heterocycles. The number of rotatable bonds is 11. The Hall–Kier alpha value is -8.04. The van der Waals surface area contributed by atoms with Crippen molar-refractivity contribution in [3.05, 3.63) is 106 Å². The van der Waals surface area contributed by atoms with Gasteiger partial charge in [0.1, 0.15) is 28.5 Å². The summed E-state index contributed by atoms with van der Waals surface area (Å²) in [5.74, 6) is -2.75. The maximum atomic E-state index is 13.5. The lowest BCUT2D eigenvalue weighted by Crippen LogP contribution is -2.40. The van der Waals surface area contributed by atoms with E-state index in [-0.39, 0.29) is 81.6 Å². The smallest absolute Gasteiger partial charge is 0.338 e. The lowest BCUT2D eigenvalue weighted by atomic mass is 9.84. The minimum Gasteiger partial charge on any atom is -0.481 e. The quantitative estimate of drug-likeness (QED) is 0.0757. The second-order valence-electron chi connectivity index (χ2n) is 19.6. The van der Waals surface area contributed by atoms with E-state index in [0.29, 0.717) is 69.3 Å². The number of benzene rings is 2. The summed E-state index contributed by atoms with van der Waals surface area (Å²) in [6.45, 7) is 1.66. The second kappa shape index (κ2) is 25.0. The second-order valence-corrected chi connectivity index (χ2v) is 20.4. The first-order chi connectivity index (χ1) is 37.4. The van der Waals surface area contributed by atoms with Crippen LogP contribution >= 0.6 is 23.2 Å². The molecule has 2 aromatic carbocycles. The van der Waals surface area contributed by atoms with Gasteiger partial charge in [-0.1, -0.05) is 35.3 Å². The Balaban J connectivity index is 0.000000174. The molecule has 2 saturated heterocycles. The third kappa shape index (κ3) is 12.9. The molecule has 0 bridgehead atoms. The maximum Gasteiger partial charge on any atom is 0.338 e. The van der Waals surface area contributed by atoms with Gasteiger partial charge in [0, 0.05) is 70.4 Å². The summed E-state index contributed by atoms with van der Waals surface area (Å²) in [5, 5.41) is 18.5.